The van der Waals surface area contributed by atoms with Crippen molar-refractivity contribution >= 4 is 5.70 Å². The van der Waals surface area contributed by atoms with Gasteiger partial charge in [0.1, 0.15) is 0 Å². The molecule has 1 rings (SSSR count). The summed E-state index contributed by atoms with van der Waals surface area (Å²) in [6, 6.07) is 9.99. The first-order chi connectivity index (χ1) is 6.69. The first-order valence-corrected chi connectivity index (χ1v) is 4.64. The molecule has 0 radical (unpaired) electrons. The van der Waals surface area contributed by atoms with Gasteiger partial charge in [0.2, 0.25) is 0 Å². The van der Waals surface area contributed by atoms with Gasteiger partial charge in [0.05, 0.1) is 17.3 Å². The van der Waals surface area contributed by atoms with Crippen LogP contribution < -0.4 is 5.73 Å². The minimum atomic E-state index is 0.593. The molecule has 0 saturated carbocycles. The number of rotatable bonds is 2. The van der Waals surface area contributed by atoms with E-state index in [0.717, 1.165) is 5.56 Å². The van der Waals surface area contributed by atoms with E-state index in [2.05, 4.69) is 6.07 Å². The van der Waals surface area contributed by atoms with Crippen LogP contribution in [0.3, 0.4) is 0 Å². The molecule has 0 saturated heterocycles. The highest BCUT2D eigenvalue weighted by Gasteiger charge is 2.02. The summed E-state index contributed by atoms with van der Waals surface area (Å²) in [5, 5.41) is 8.82. The summed E-state index contributed by atoms with van der Waals surface area (Å²) in [4.78, 5) is 0. The summed E-state index contributed by atoms with van der Waals surface area (Å²) >= 11 is 0. The normalized spacial score (nSPS) is 11.8. The third kappa shape index (κ3) is 2.14. The van der Waals surface area contributed by atoms with Gasteiger partial charge >= 0.3 is 0 Å². The van der Waals surface area contributed by atoms with Gasteiger partial charge < -0.3 is 5.73 Å². The zero-order valence-electron chi connectivity index (χ0n) is 8.54. The van der Waals surface area contributed by atoms with Crippen molar-refractivity contribution in [3.63, 3.8) is 0 Å². The molecule has 0 bridgehead atoms. The Balaban J connectivity index is 3.12. The van der Waals surface area contributed by atoms with E-state index in [1.807, 2.05) is 38.1 Å². The molecule has 0 atom stereocenters. The molecule has 0 heterocycles. The van der Waals surface area contributed by atoms with Gasteiger partial charge in [-0.3, -0.25) is 0 Å². The fraction of sp³-hybridized carbons (Fsp3) is 0.250. The van der Waals surface area contributed by atoms with Crippen molar-refractivity contribution in [3.05, 3.63) is 41.0 Å². The molecule has 2 heteroatoms. The zero-order valence-corrected chi connectivity index (χ0v) is 8.54. The second-order valence-electron chi connectivity index (χ2n) is 3.22. The van der Waals surface area contributed by atoms with Crippen LogP contribution >= 0.6 is 0 Å². The Hall–Kier alpha value is -1.75. The number of aryl methyl sites for hydroxylation is 1. The maximum absolute atomic E-state index is 8.82. The van der Waals surface area contributed by atoms with Crippen molar-refractivity contribution < 1.29 is 0 Å². The fourth-order valence-electron chi connectivity index (χ4n) is 1.24. The molecule has 0 unspecified atom stereocenters. The summed E-state index contributed by atoms with van der Waals surface area (Å²) in [6.07, 6.45) is 0.677. The molecule has 0 aliphatic carbocycles. The SMILES string of the molecule is CC/C(C#N)=C(/N)c1ccc(C)cc1. The fourth-order valence-corrected chi connectivity index (χ4v) is 1.24. The van der Waals surface area contributed by atoms with E-state index >= 15 is 0 Å². The Morgan fingerprint density at radius 2 is 1.93 bits per heavy atom. The Labute approximate surface area is 84.7 Å². The lowest BCUT2D eigenvalue weighted by Gasteiger charge is -2.04. The summed E-state index contributed by atoms with van der Waals surface area (Å²) in [6.45, 7) is 3.95. The molecule has 2 nitrogen and oxygen atoms in total. The van der Waals surface area contributed by atoms with Gasteiger partial charge in [-0.2, -0.15) is 5.26 Å². The Bertz CT molecular complexity index is 380. The molecular weight excluding hydrogens is 172 g/mol. The first-order valence-electron chi connectivity index (χ1n) is 4.64. The zero-order chi connectivity index (χ0) is 10.6. The van der Waals surface area contributed by atoms with Crippen molar-refractivity contribution in [1.82, 2.24) is 0 Å². The summed E-state index contributed by atoms with van der Waals surface area (Å²) < 4.78 is 0. The molecule has 2 N–H and O–H groups in total. The van der Waals surface area contributed by atoms with Gasteiger partial charge in [0, 0.05) is 0 Å². The maximum Gasteiger partial charge on any atom is 0.0968 e. The average Bonchev–Trinajstić information content (AvgIpc) is 2.20. The molecule has 14 heavy (non-hydrogen) atoms. The first kappa shape index (κ1) is 10.3. The monoisotopic (exact) mass is 186 g/mol. The number of hydrogen-bond donors (Lipinski definition) is 1. The number of nitriles is 1. The standard InChI is InChI=1S/C12H14N2/c1-3-10(8-13)12(14)11-6-4-9(2)5-7-11/h4-7H,3,14H2,1-2H3/b12-10-. The number of nitrogens with zero attached hydrogens (tertiary/aromatic N) is 1. The van der Waals surface area contributed by atoms with Gasteiger partial charge in [-0.1, -0.05) is 36.8 Å². The molecule has 0 fully saturated rings. The van der Waals surface area contributed by atoms with Crippen molar-refractivity contribution in [1.29, 1.82) is 5.26 Å². The minimum absolute atomic E-state index is 0.593. The van der Waals surface area contributed by atoms with E-state index in [1.165, 1.54) is 5.56 Å². The second-order valence-corrected chi connectivity index (χ2v) is 3.22. The molecule has 0 aliphatic rings. The topological polar surface area (TPSA) is 49.8 Å². The highest BCUT2D eigenvalue weighted by Crippen LogP contribution is 2.15. The van der Waals surface area contributed by atoms with Gasteiger partial charge in [-0.25, -0.2) is 0 Å². The van der Waals surface area contributed by atoms with Crippen LogP contribution in [0.4, 0.5) is 0 Å². The van der Waals surface area contributed by atoms with Crippen LogP contribution in [-0.2, 0) is 0 Å². The van der Waals surface area contributed by atoms with Crippen LogP contribution in [0.15, 0.2) is 29.8 Å². The predicted molar refractivity (Wildman–Crippen MR) is 58.2 cm³/mol. The lowest BCUT2D eigenvalue weighted by atomic mass is 10.0. The van der Waals surface area contributed by atoms with Crippen LogP contribution in [0.25, 0.3) is 5.70 Å². The van der Waals surface area contributed by atoms with Gasteiger partial charge in [0.15, 0.2) is 0 Å². The maximum atomic E-state index is 8.82. The van der Waals surface area contributed by atoms with E-state index in [1.54, 1.807) is 0 Å². The van der Waals surface area contributed by atoms with Gasteiger partial charge in [0.25, 0.3) is 0 Å². The lowest BCUT2D eigenvalue weighted by Crippen LogP contribution is -2.00. The molecule has 1 aromatic carbocycles. The predicted octanol–water partition coefficient (Wildman–Crippen LogP) is 2.60. The Morgan fingerprint density at radius 3 is 2.36 bits per heavy atom. The van der Waals surface area contributed by atoms with Crippen LogP contribution in [0.2, 0.25) is 0 Å². The molecular formula is C12H14N2. The molecule has 0 spiro atoms. The third-order valence-corrected chi connectivity index (χ3v) is 2.18. The van der Waals surface area contributed by atoms with Crippen molar-refractivity contribution in [2.75, 3.05) is 0 Å². The smallest absolute Gasteiger partial charge is 0.0968 e. The van der Waals surface area contributed by atoms with Gasteiger partial charge in [-0.05, 0) is 18.9 Å². The number of nitrogens with two attached hydrogens (primary N) is 1. The third-order valence-electron chi connectivity index (χ3n) is 2.18. The quantitative estimate of drug-likeness (QED) is 0.722. The van der Waals surface area contributed by atoms with Crippen LogP contribution in [0, 0.1) is 18.3 Å². The number of hydrogen-bond acceptors (Lipinski definition) is 2. The molecule has 0 aliphatic heterocycles. The van der Waals surface area contributed by atoms with Gasteiger partial charge in [-0.15, -0.1) is 0 Å². The average molecular weight is 186 g/mol. The van der Waals surface area contributed by atoms with E-state index in [0.29, 0.717) is 17.7 Å². The van der Waals surface area contributed by atoms with E-state index in [9.17, 15) is 0 Å². The van der Waals surface area contributed by atoms with Crippen molar-refractivity contribution in [2.24, 2.45) is 5.73 Å². The minimum Gasteiger partial charge on any atom is -0.397 e. The largest absolute Gasteiger partial charge is 0.397 e. The molecule has 0 amide bonds. The van der Waals surface area contributed by atoms with Crippen LogP contribution in [0.5, 0.6) is 0 Å². The molecule has 1 aromatic rings. The highest BCUT2D eigenvalue weighted by atomic mass is 14.6. The van der Waals surface area contributed by atoms with E-state index < -0.39 is 0 Å². The van der Waals surface area contributed by atoms with Crippen molar-refractivity contribution in [3.8, 4) is 6.07 Å². The second kappa shape index (κ2) is 4.48. The molecule has 0 aromatic heterocycles. The van der Waals surface area contributed by atoms with Crippen LogP contribution in [-0.4, -0.2) is 0 Å². The summed E-state index contributed by atoms with van der Waals surface area (Å²) in [7, 11) is 0. The number of allylic oxidation sites excluding steroid dienone is 1. The van der Waals surface area contributed by atoms with E-state index in [-0.39, 0.29) is 0 Å². The number of benzene rings is 1. The summed E-state index contributed by atoms with van der Waals surface area (Å²) in [5.74, 6) is 0. The lowest BCUT2D eigenvalue weighted by molar-refractivity contribution is 1.14. The van der Waals surface area contributed by atoms with Crippen molar-refractivity contribution in [2.45, 2.75) is 20.3 Å². The van der Waals surface area contributed by atoms with Crippen LogP contribution in [0.1, 0.15) is 24.5 Å². The Kier molecular flexibility index (Phi) is 3.30. The highest BCUT2D eigenvalue weighted by molar-refractivity contribution is 5.69. The molecule has 72 valence electrons. The van der Waals surface area contributed by atoms with E-state index in [4.69, 9.17) is 11.0 Å². The summed E-state index contributed by atoms with van der Waals surface area (Å²) in [5.41, 5.74) is 9.22. The Morgan fingerprint density at radius 1 is 1.36 bits per heavy atom.